The van der Waals surface area contributed by atoms with Crippen molar-refractivity contribution in [1.29, 1.82) is 0 Å². The first kappa shape index (κ1) is 13.7. The molecule has 0 bridgehead atoms. The summed E-state index contributed by atoms with van der Waals surface area (Å²) in [4.78, 5) is 16.6. The van der Waals surface area contributed by atoms with Crippen LogP contribution >= 0.6 is 0 Å². The fourth-order valence-electron chi connectivity index (χ4n) is 2.71. The predicted octanol–water partition coefficient (Wildman–Crippen LogP) is 0.993. The van der Waals surface area contributed by atoms with Gasteiger partial charge in [0.1, 0.15) is 0 Å². The molecular weight excluding hydrogens is 274 g/mol. The van der Waals surface area contributed by atoms with Crippen LogP contribution < -0.4 is 4.90 Å². The molecule has 7 heteroatoms. The molecule has 2 unspecified atom stereocenters. The lowest BCUT2D eigenvalue weighted by Gasteiger charge is -2.20. The van der Waals surface area contributed by atoms with Gasteiger partial charge in [-0.15, -0.1) is 0 Å². The molecule has 3 rings (SSSR count). The Morgan fingerprint density at radius 3 is 2.57 bits per heavy atom. The Morgan fingerprint density at radius 2 is 1.95 bits per heavy atom. The number of nitro benzene ring substituents is 1. The molecule has 7 nitrogen and oxygen atoms in total. The Labute approximate surface area is 120 Å². The number of β-amino-alcohol motifs (C(OH)–C–C–N with tert-alkyl or cyclic N) is 2. The minimum atomic E-state index is -0.807. The van der Waals surface area contributed by atoms with Gasteiger partial charge in [0, 0.05) is 42.1 Å². The summed E-state index contributed by atoms with van der Waals surface area (Å²) in [6.07, 6.45) is -0.119. The minimum absolute atomic E-state index is 0.00143. The average molecular weight is 289 g/mol. The third-order valence-electron chi connectivity index (χ3n) is 3.79. The molecule has 2 atom stereocenters. The number of nitro groups is 1. The molecule has 0 spiro atoms. The van der Waals surface area contributed by atoms with E-state index in [1.807, 2.05) is 11.8 Å². The number of pyridine rings is 1. The van der Waals surface area contributed by atoms with Gasteiger partial charge in [-0.25, -0.2) is 0 Å². The second-order valence-electron chi connectivity index (χ2n) is 5.27. The largest absolute Gasteiger partial charge is 0.389 e. The van der Waals surface area contributed by atoms with Gasteiger partial charge in [0.05, 0.1) is 22.5 Å². The van der Waals surface area contributed by atoms with E-state index < -0.39 is 17.1 Å². The topological polar surface area (TPSA) is 99.7 Å². The molecule has 1 fully saturated rings. The molecule has 1 aromatic heterocycles. The number of fused-ring (bicyclic) bond motifs is 1. The summed E-state index contributed by atoms with van der Waals surface area (Å²) in [7, 11) is 0. The highest BCUT2D eigenvalue weighted by molar-refractivity contribution is 5.99. The standard InChI is InChI=1S/C14H15N3O4/c1-8-4-9-10(5-15-8)12(17(20)21)3-2-11(9)16-6-13(18)14(19)7-16/h2-5,13-14,18-19H,6-7H2,1H3. The van der Waals surface area contributed by atoms with Crippen LogP contribution in [-0.2, 0) is 0 Å². The Morgan fingerprint density at radius 1 is 1.29 bits per heavy atom. The number of benzene rings is 1. The maximum absolute atomic E-state index is 11.1. The van der Waals surface area contributed by atoms with Crippen molar-refractivity contribution in [2.45, 2.75) is 19.1 Å². The molecule has 1 aliphatic heterocycles. The quantitative estimate of drug-likeness (QED) is 0.632. The van der Waals surface area contributed by atoms with Crippen molar-refractivity contribution >= 4 is 22.1 Å². The van der Waals surface area contributed by atoms with Crippen LogP contribution in [0.2, 0.25) is 0 Å². The lowest BCUT2D eigenvalue weighted by atomic mass is 10.1. The van der Waals surface area contributed by atoms with Gasteiger partial charge in [-0.2, -0.15) is 0 Å². The highest BCUT2D eigenvalue weighted by Gasteiger charge is 2.31. The Bertz CT molecular complexity index is 709. The van der Waals surface area contributed by atoms with Crippen LogP contribution in [0.15, 0.2) is 24.4 Å². The second-order valence-corrected chi connectivity index (χ2v) is 5.27. The summed E-state index contributed by atoms with van der Waals surface area (Å²) in [6, 6.07) is 4.88. The van der Waals surface area contributed by atoms with Crippen molar-refractivity contribution in [2.75, 3.05) is 18.0 Å². The average Bonchev–Trinajstić information content (AvgIpc) is 2.76. The van der Waals surface area contributed by atoms with E-state index in [4.69, 9.17) is 0 Å². The molecule has 2 aromatic rings. The Balaban J connectivity index is 2.18. The number of nitrogens with zero attached hydrogens (tertiary/aromatic N) is 3. The number of hydrogen-bond donors (Lipinski definition) is 2. The fraction of sp³-hybridized carbons (Fsp3) is 0.357. The molecule has 0 radical (unpaired) electrons. The van der Waals surface area contributed by atoms with Crippen molar-refractivity contribution in [3.8, 4) is 0 Å². The van der Waals surface area contributed by atoms with Crippen molar-refractivity contribution in [3.63, 3.8) is 0 Å². The van der Waals surface area contributed by atoms with E-state index in [0.717, 1.165) is 11.4 Å². The molecule has 2 N–H and O–H groups in total. The van der Waals surface area contributed by atoms with E-state index in [2.05, 4.69) is 4.98 Å². The Hall–Kier alpha value is -2.25. The van der Waals surface area contributed by atoms with Gasteiger partial charge in [-0.3, -0.25) is 15.1 Å². The molecule has 110 valence electrons. The van der Waals surface area contributed by atoms with Crippen LogP contribution in [0.25, 0.3) is 10.8 Å². The lowest BCUT2D eigenvalue weighted by molar-refractivity contribution is -0.383. The van der Waals surface area contributed by atoms with Crippen LogP contribution in [0.4, 0.5) is 11.4 Å². The van der Waals surface area contributed by atoms with Gasteiger partial charge in [-0.1, -0.05) is 0 Å². The van der Waals surface area contributed by atoms with Crippen LogP contribution in [0.1, 0.15) is 5.69 Å². The van der Waals surface area contributed by atoms with Crippen molar-refractivity contribution in [2.24, 2.45) is 0 Å². The van der Waals surface area contributed by atoms with Crippen LogP contribution in [0, 0.1) is 17.0 Å². The van der Waals surface area contributed by atoms with Crippen molar-refractivity contribution < 1.29 is 15.1 Å². The van der Waals surface area contributed by atoms with Crippen LogP contribution in [-0.4, -0.2) is 45.4 Å². The van der Waals surface area contributed by atoms with Crippen molar-refractivity contribution in [1.82, 2.24) is 4.98 Å². The summed E-state index contributed by atoms with van der Waals surface area (Å²) < 4.78 is 0. The zero-order valence-electron chi connectivity index (χ0n) is 11.4. The first-order valence-electron chi connectivity index (χ1n) is 6.62. The summed E-state index contributed by atoms with van der Waals surface area (Å²) in [5.74, 6) is 0. The number of rotatable bonds is 2. The highest BCUT2D eigenvalue weighted by Crippen LogP contribution is 2.35. The third-order valence-corrected chi connectivity index (χ3v) is 3.79. The van der Waals surface area contributed by atoms with Gasteiger partial charge < -0.3 is 15.1 Å². The minimum Gasteiger partial charge on any atom is -0.389 e. The van der Waals surface area contributed by atoms with E-state index in [0.29, 0.717) is 23.9 Å². The molecule has 0 amide bonds. The summed E-state index contributed by atoms with van der Waals surface area (Å²) in [6.45, 7) is 2.42. The third kappa shape index (κ3) is 2.30. The predicted molar refractivity (Wildman–Crippen MR) is 77.4 cm³/mol. The molecule has 1 saturated heterocycles. The first-order chi connectivity index (χ1) is 9.97. The summed E-state index contributed by atoms with van der Waals surface area (Å²) in [5.41, 5.74) is 1.52. The summed E-state index contributed by atoms with van der Waals surface area (Å²) >= 11 is 0. The number of aromatic nitrogens is 1. The SMILES string of the molecule is Cc1cc2c(N3CC(O)C(O)C3)ccc([N+](=O)[O-])c2cn1. The number of hydrogen-bond acceptors (Lipinski definition) is 6. The van der Waals surface area contributed by atoms with E-state index in [-0.39, 0.29) is 5.69 Å². The fourth-order valence-corrected chi connectivity index (χ4v) is 2.71. The molecule has 1 aliphatic rings. The van der Waals surface area contributed by atoms with E-state index in [9.17, 15) is 20.3 Å². The Kier molecular flexibility index (Phi) is 3.23. The van der Waals surface area contributed by atoms with Crippen molar-refractivity contribution in [3.05, 3.63) is 40.2 Å². The smallest absolute Gasteiger partial charge is 0.278 e. The van der Waals surface area contributed by atoms with E-state index in [1.54, 1.807) is 12.1 Å². The monoisotopic (exact) mass is 289 g/mol. The van der Waals surface area contributed by atoms with Gasteiger partial charge >= 0.3 is 0 Å². The molecule has 0 saturated carbocycles. The zero-order chi connectivity index (χ0) is 15.1. The van der Waals surface area contributed by atoms with Gasteiger partial charge in [0.15, 0.2) is 0 Å². The maximum Gasteiger partial charge on any atom is 0.278 e. The second kappa shape index (κ2) is 4.94. The lowest BCUT2D eigenvalue weighted by Crippen LogP contribution is -2.22. The van der Waals surface area contributed by atoms with E-state index >= 15 is 0 Å². The molecule has 2 heterocycles. The summed E-state index contributed by atoms with van der Waals surface area (Å²) in [5, 5.41) is 31.7. The van der Waals surface area contributed by atoms with E-state index in [1.165, 1.54) is 12.3 Å². The normalized spacial score (nSPS) is 22.0. The number of aliphatic hydroxyl groups excluding tert-OH is 2. The maximum atomic E-state index is 11.1. The number of aliphatic hydroxyl groups is 2. The first-order valence-corrected chi connectivity index (χ1v) is 6.62. The molecule has 0 aliphatic carbocycles. The number of anilines is 1. The number of aryl methyl sites for hydroxylation is 1. The van der Waals surface area contributed by atoms with Gasteiger partial charge in [0.2, 0.25) is 0 Å². The van der Waals surface area contributed by atoms with Gasteiger partial charge in [0.25, 0.3) is 5.69 Å². The number of non-ortho nitro benzene ring substituents is 1. The molecular formula is C14H15N3O4. The van der Waals surface area contributed by atoms with Gasteiger partial charge in [-0.05, 0) is 19.1 Å². The van der Waals surface area contributed by atoms with Crippen LogP contribution in [0.5, 0.6) is 0 Å². The van der Waals surface area contributed by atoms with Crippen LogP contribution in [0.3, 0.4) is 0 Å². The molecule has 21 heavy (non-hydrogen) atoms. The molecule has 1 aromatic carbocycles. The zero-order valence-corrected chi connectivity index (χ0v) is 11.4. The highest BCUT2D eigenvalue weighted by atomic mass is 16.6.